The van der Waals surface area contributed by atoms with Crippen molar-refractivity contribution in [3.8, 4) is 5.75 Å². The molecule has 0 aliphatic heterocycles. The molecule has 0 radical (unpaired) electrons. The van der Waals surface area contributed by atoms with Crippen LogP contribution in [0, 0.1) is 3.57 Å². The van der Waals surface area contributed by atoms with Gasteiger partial charge >= 0.3 is 0 Å². The van der Waals surface area contributed by atoms with Crippen LogP contribution in [0.4, 0.5) is 0 Å². The van der Waals surface area contributed by atoms with Crippen molar-refractivity contribution in [3.63, 3.8) is 0 Å². The Morgan fingerprint density at radius 1 is 1.29 bits per heavy atom. The van der Waals surface area contributed by atoms with Gasteiger partial charge in [-0.3, -0.25) is 4.79 Å². The van der Waals surface area contributed by atoms with Gasteiger partial charge in [-0.15, -0.1) is 0 Å². The van der Waals surface area contributed by atoms with Crippen LogP contribution in [0.25, 0.3) is 10.9 Å². The standard InChI is InChI=1S/C21H21BrIN3O2/c1-4-13(3)20-25-18-8-7-15(22)11-16(18)21(27)26(20)24-12-14-6-9-19(28-5-2)17(23)10-14/h6-13H,4-5H2,1-3H3/t13-/m1/s1. The predicted molar refractivity (Wildman–Crippen MR) is 126 cm³/mol. The molecule has 0 amide bonds. The number of benzene rings is 2. The number of aromatic nitrogens is 2. The van der Waals surface area contributed by atoms with E-state index in [1.54, 1.807) is 12.3 Å². The molecule has 1 aromatic heterocycles. The van der Waals surface area contributed by atoms with Gasteiger partial charge in [-0.05, 0) is 77.9 Å². The molecule has 0 spiro atoms. The van der Waals surface area contributed by atoms with Crippen molar-refractivity contribution in [1.29, 1.82) is 0 Å². The van der Waals surface area contributed by atoms with Crippen LogP contribution in [0.1, 0.15) is 44.5 Å². The summed E-state index contributed by atoms with van der Waals surface area (Å²) in [5.74, 6) is 1.62. The van der Waals surface area contributed by atoms with Gasteiger partial charge in [0, 0.05) is 10.4 Å². The van der Waals surface area contributed by atoms with Crippen LogP contribution in [0.3, 0.4) is 0 Å². The molecule has 3 aromatic rings. The summed E-state index contributed by atoms with van der Waals surface area (Å²) < 4.78 is 8.84. The monoisotopic (exact) mass is 553 g/mol. The number of halogens is 2. The molecule has 0 saturated carbocycles. The summed E-state index contributed by atoms with van der Waals surface area (Å²) in [5.41, 5.74) is 1.41. The molecule has 0 N–H and O–H groups in total. The summed E-state index contributed by atoms with van der Waals surface area (Å²) in [7, 11) is 0. The Kier molecular flexibility index (Phi) is 6.87. The molecule has 0 aliphatic rings. The lowest BCUT2D eigenvalue weighted by atomic mass is 10.1. The molecule has 0 bridgehead atoms. The zero-order chi connectivity index (χ0) is 20.3. The Bertz CT molecular complexity index is 1090. The van der Waals surface area contributed by atoms with E-state index in [4.69, 9.17) is 9.72 Å². The zero-order valence-corrected chi connectivity index (χ0v) is 19.7. The van der Waals surface area contributed by atoms with Crippen molar-refractivity contribution in [3.05, 3.63) is 66.2 Å². The SMILES string of the molecule is CCOc1ccc(C=Nn2c([C@H](C)CC)nc3ccc(Br)cc3c2=O)cc1I. The van der Waals surface area contributed by atoms with Crippen molar-refractivity contribution < 1.29 is 4.74 Å². The smallest absolute Gasteiger partial charge is 0.282 e. The molecule has 28 heavy (non-hydrogen) atoms. The Balaban J connectivity index is 2.10. The van der Waals surface area contributed by atoms with Crippen LogP contribution in [-0.2, 0) is 0 Å². The van der Waals surface area contributed by atoms with Crippen LogP contribution < -0.4 is 10.3 Å². The van der Waals surface area contributed by atoms with Crippen LogP contribution in [-0.4, -0.2) is 22.5 Å². The van der Waals surface area contributed by atoms with Crippen LogP contribution in [0.15, 0.2) is 50.8 Å². The second-order valence-electron chi connectivity index (χ2n) is 6.43. The minimum absolute atomic E-state index is 0.110. The topological polar surface area (TPSA) is 56.5 Å². The van der Waals surface area contributed by atoms with Crippen molar-refractivity contribution >= 4 is 55.6 Å². The minimum Gasteiger partial charge on any atom is -0.493 e. The first-order valence-corrected chi connectivity index (χ1v) is 11.0. The highest BCUT2D eigenvalue weighted by atomic mass is 127. The van der Waals surface area contributed by atoms with E-state index in [1.807, 2.05) is 37.3 Å². The van der Waals surface area contributed by atoms with Crippen molar-refractivity contribution in [1.82, 2.24) is 9.66 Å². The molecule has 0 fully saturated rings. The second-order valence-corrected chi connectivity index (χ2v) is 8.50. The summed E-state index contributed by atoms with van der Waals surface area (Å²) in [4.78, 5) is 17.8. The number of hydrogen-bond donors (Lipinski definition) is 0. The predicted octanol–water partition coefficient (Wildman–Crippen LogP) is 5.56. The maximum atomic E-state index is 13.1. The van der Waals surface area contributed by atoms with Gasteiger partial charge in [0.15, 0.2) is 0 Å². The van der Waals surface area contributed by atoms with Crippen molar-refractivity contribution in [2.24, 2.45) is 5.10 Å². The molecule has 0 unspecified atom stereocenters. The first-order chi connectivity index (χ1) is 13.4. The van der Waals surface area contributed by atoms with E-state index in [2.05, 4.69) is 57.5 Å². The molecule has 1 heterocycles. The Morgan fingerprint density at radius 2 is 2.07 bits per heavy atom. The molecular formula is C21H21BrIN3O2. The average molecular weight is 554 g/mol. The fourth-order valence-corrected chi connectivity index (χ4v) is 3.83. The lowest BCUT2D eigenvalue weighted by Gasteiger charge is -2.14. The van der Waals surface area contributed by atoms with Gasteiger partial charge in [0.1, 0.15) is 11.6 Å². The number of rotatable bonds is 6. The fraction of sp³-hybridized carbons (Fsp3) is 0.286. The van der Waals surface area contributed by atoms with E-state index in [1.165, 1.54) is 4.68 Å². The molecule has 146 valence electrons. The molecule has 2 aromatic carbocycles. The third-order valence-electron chi connectivity index (χ3n) is 4.46. The summed E-state index contributed by atoms with van der Waals surface area (Å²) in [5, 5.41) is 5.04. The van der Waals surface area contributed by atoms with E-state index >= 15 is 0 Å². The lowest BCUT2D eigenvalue weighted by molar-refractivity contribution is 0.338. The highest BCUT2D eigenvalue weighted by Crippen LogP contribution is 2.22. The molecule has 0 aliphatic carbocycles. The summed E-state index contributed by atoms with van der Waals surface area (Å²) >= 11 is 5.66. The fourth-order valence-electron chi connectivity index (χ4n) is 2.77. The number of nitrogens with zero attached hydrogens (tertiary/aromatic N) is 3. The Morgan fingerprint density at radius 3 is 2.75 bits per heavy atom. The Labute approximate surface area is 186 Å². The quantitative estimate of drug-likeness (QED) is 0.297. The van der Waals surface area contributed by atoms with Gasteiger partial charge in [-0.2, -0.15) is 9.78 Å². The largest absolute Gasteiger partial charge is 0.493 e. The van der Waals surface area contributed by atoms with E-state index in [-0.39, 0.29) is 11.5 Å². The molecule has 3 rings (SSSR count). The van der Waals surface area contributed by atoms with Gasteiger partial charge in [0.25, 0.3) is 5.56 Å². The van der Waals surface area contributed by atoms with Gasteiger partial charge < -0.3 is 4.74 Å². The van der Waals surface area contributed by atoms with Crippen molar-refractivity contribution in [2.75, 3.05) is 6.61 Å². The normalized spacial score (nSPS) is 12.6. The summed E-state index contributed by atoms with van der Waals surface area (Å²) in [6, 6.07) is 11.4. The van der Waals surface area contributed by atoms with Gasteiger partial charge in [0.05, 0.1) is 27.3 Å². The highest BCUT2D eigenvalue weighted by molar-refractivity contribution is 14.1. The number of fused-ring (bicyclic) bond motifs is 1. The van der Waals surface area contributed by atoms with Crippen LogP contribution in [0.5, 0.6) is 5.75 Å². The molecule has 5 nitrogen and oxygen atoms in total. The minimum atomic E-state index is -0.168. The zero-order valence-electron chi connectivity index (χ0n) is 15.9. The Hall–Kier alpha value is -1.74. The van der Waals surface area contributed by atoms with E-state index in [9.17, 15) is 4.79 Å². The van der Waals surface area contributed by atoms with Crippen molar-refractivity contribution in [2.45, 2.75) is 33.1 Å². The van der Waals surface area contributed by atoms with Gasteiger partial charge in [-0.25, -0.2) is 4.98 Å². The molecule has 0 saturated heterocycles. The van der Waals surface area contributed by atoms with Crippen LogP contribution in [0.2, 0.25) is 0 Å². The van der Waals surface area contributed by atoms with Gasteiger partial charge in [-0.1, -0.05) is 29.8 Å². The maximum Gasteiger partial charge on any atom is 0.282 e. The van der Waals surface area contributed by atoms with Gasteiger partial charge in [0.2, 0.25) is 0 Å². The molecule has 1 atom stereocenters. The first-order valence-electron chi connectivity index (χ1n) is 9.13. The summed E-state index contributed by atoms with van der Waals surface area (Å²) in [6.45, 7) is 6.71. The molecular weight excluding hydrogens is 533 g/mol. The lowest BCUT2D eigenvalue weighted by Crippen LogP contribution is -2.23. The van der Waals surface area contributed by atoms with E-state index in [0.717, 1.165) is 25.8 Å². The first kappa shape index (κ1) is 21.0. The number of hydrogen-bond acceptors (Lipinski definition) is 4. The third-order valence-corrected chi connectivity index (χ3v) is 5.80. The average Bonchev–Trinajstić information content (AvgIpc) is 2.69. The number of ether oxygens (including phenoxy) is 1. The third kappa shape index (κ3) is 4.46. The maximum absolute atomic E-state index is 13.1. The van der Waals surface area contributed by atoms with E-state index < -0.39 is 0 Å². The second kappa shape index (κ2) is 9.17. The molecule has 7 heteroatoms. The highest BCUT2D eigenvalue weighted by Gasteiger charge is 2.15. The summed E-state index contributed by atoms with van der Waals surface area (Å²) in [6.07, 6.45) is 2.56. The van der Waals surface area contributed by atoms with Crippen LogP contribution >= 0.6 is 38.5 Å². The van der Waals surface area contributed by atoms with E-state index in [0.29, 0.717) is 23.3 Å².